The smallest absolute Gasteiger partial charge is 0.324 e. The Morgan fingerprint density at radius 2 is 1.87 bits per heavy atom. The molecule has 0 aliphatic carbocycles. The lowest BCUT2D eigenvalue weighted by molar-refractivity contribution is 0.219. The van der Waals surface area contributed by atoms with E-state index in [0.29, 0.717) is 40.2 Å². The van der Waals surface area contributed by atoms with Crippen LogP contribution in [0.2, 0.25) is 0 Å². The molecule has 8 nitrogen and oxygen atoms in total. The molecule has 1 fully saturated rings. The number of aromatic nitrogens is 4. The maximum absolute atomic E-state index is 15.3. The number of halogens is 1. The lowest BCUT2D eigenvalue weighted by Crippen LogP contribution is -2.29. The number of rotatable bonds is 3. The van der Waals surface area contributed by atoms with Gasteiger partial charge in [0.25, 0.3) is 0 Å². The van der Waals surface area contributed by atoms with Crippen LogP contribution in [0.4, 0.5) is 20.7 Å². The number of hydrogen-bond acceptors (Lipinski definition) is 5. The summed E-state index contributed by atoms with van der Waals surface area (Å²) in [5.74, 6) is -0.156. The Labute approximate surface area is 177 Å². The van der Waals surface area contributed by atoms with Crippen molar-refractivity contribution in [3.63, 3.8) is 0 Å². The van der Waals surface area contributed by atoms with Crippen molar-refractivity contribution in [2.75, 3.05) is 24.2 Å². The van der Waals surface area contributed by atoms with Gasteiger partial charge in [-0.25, -0.2) is 19.2 Å². The number of benzene rings is 1. The number of nitrogens with two attached hydrogens (primary N) is 1. The van der Waals surface area contributed by atoms with Gasteiger partial charge in [-0.15, -0.1) is 0 Å². The number of nitrogen functional groups attached to an aromatic ring is 1. The van der Waals surface area contributed by atoms with Crippen LogP contribution in [0.15, 0.2) is 55.2 Å². The molecule has 2 N–H and O–H groups in total. The summed E-state index contributed by atoms with van der Waals surface area (Å²) in [6.45, 7) is 0.424. The van der Waals surface area contributed by atoms with Crippen molar-refractivity contribution in [1.82, 2.24) is 24.4 Å². The monoisotopic (exact) mass is 417 g/mol. The highest BCUT2D eigenvalue weighted by molar-refractivity contribution is 6.01. The van der Waals surface area contributed by atoms with Crippen molar-refractivity contribution in [3.05, 3.63) is 66.6 Å². The summed E-state index contributed by atoms with van der Waals surface area (Å²) in [6, 6.07) is 8.25. The van der Waals surface area contributed by atoms with E-state index in [1.165, 1.54) is 12.4 Å². The second kappa shape index (κ2) is 7.05. The number of likely N-dealkylation sites (N-methyl/N-ethyl adjacent to an activating group) is 1. The third kappa shape index (κ3) is 2.97. The Bertz CT molecular complexity index is 1300. The van der Waals surface area contributed by atoms with Gasteiger partial charge in [-0.2, -0.15) is 0 Å². The fraction of sp³-hybridized carbons (Fsp3) is 0.182. The predicted octanol–water partition coefficient (Wildman–Crippen LogP) is 3.36. The van der Waals surface area contributed by atoms with Crippen LogP contribution >= 0.6 is 0 Å². The molecule has 2 amide bonds. The van der Waals surface area contributed by atoms with Gasteiger partial charge < -0.3 is 15.2 Å². The Morgan fingerprint density at radius 1 is 1.10 bits per heavy atom. The van der Waals surface area contributed by atoms with Gasteiger partial charge in [0.05, 0.1) is 18.0 Å². The summed E-state index contributed by atoms with van der Waals surface area (Å²) in [7, 11) is 3.57. The molecule has 9 heteroatoms. The number of anilines is 2. The molecule has 1 unspecified atom stereocenters. The molecule has 1 saturated heterocycles. The molecular formula is C22H20FN7O. The van der Waals surface area contributed by atoms with Crippen molar-refractivity contribution in [2.45, 2.75) is 6.04 Å². The van der Waals surface area contributed by atoms with Crippen LogP contribution in [-0.4, -0.2) is 44.0 Å². The fourth-order valence-corrected chi connectivity index (χ4v) is 4.16. The van der Waals surface area contributed by atoms with E-state index in [1.54, 1.807) is 52.1 Å². The van der Waals surface area contributed by atoms with Gasteiger partial charge >= 0.3 is 6.03 Å². The average molecular weight is 417 g/mol. The lowest BCUT2D eigenvalue weighted by Gasteiger charge is -2.17. The quantitative estimate of drug-likeness (QED) is 0.552. The van der Waals surface area contributed by atoms with Crippen LogP contribution < -0.4 is 10.6 Å². The second-order valence-electron chi connectivity index (χ2n) is 7.58. The summed E-state index contributed by atoms with van der Waals surface area (Å²) < 4.78 is 17.0. The first kappa shape index (κ1) is 19.0. The van der Waals surface area contributed by atoms with Gasteiger partial charge in [0.1, 0.15) is 23.6 Å². The van der Waals surface area contributed by atoms with Crippen LogP contribution in [0.25, 0.3) is 22.2 Å². The van der Waals surface area contributed by atoms with E-state index in [2.05, 4.69) is 15.0 Å². The molecule has 1 aromatic carbocycles. The first-order chi connectivity index (χ1) is 15.0. The topological polar surface area (TPSA) is 93.2 Å². The SMILES string of the molecule is CN1C(=O)N(c2ccc(-c3cn(C)c4ncnc(N)c34)c(F)c2)CC1c1ccncc1. The van der Waals surface area contributed by atoms with E-state index in [-0.39, 0.29) is 12.1 Å². The van der Waals surface area contributed by atoms with Crippen LogP contribution in [0, 0.1) is 5.82 Å². The zero-order valence-electron chi connectivity index (χ0n) is 17.0. The molecule has 0 bridgehead atoms. The summed E-state index contributed by atoms with van der Waals surface area (Å²) in [6.07, 6.45) is 6.56. The summed E-state index contributed by atoms with van der Waals surface area (Å²) in [4.78, 5) is 28.4. The molecule has 4 aromatic rings. The highest BCUT2D eigenvalue weighted by Gasteiger charge is 2.36. The van der Waals surface area contributed by atoms with Crippen molar-refractivity contribution in [3.8, 4) is 11.1 Å². The van der Waals surface area contributed by atoms with E-state index in [0.717, 1.165) is 5.56 Å². The Morgan fingerprint density at radius 3 is 2.61 bits per heavy atom. The number of fused-ring (bicyclic) bond motifs is 1. The maximum atomic E-state index is 15.3. The van der Waals surface area contributed by atoms with E-state index in [4.69, 9.17) is 5.73 Å². The third-order valence-corrected chi connectivity index (χ3v) is 5.78. The van der Waals surface area contributed by atoms with Crippen molar-refractivity contribution in [2.24, 2.45) is 7.05 Å². The van der Waals surface area contributed by atoms with E-state index in [9.17, 15) is 4.79 Å². The number of carbonyl (C=O) groups excluding carboxylic acids is 1. The van der Waals surface area contributed by atoms with Gasteiger partial charge in [0.15, 0.2) is 0 Å². The zero-order valence-corrected chi connectivity index (χ0v) is 17.0. The molecule has 0 radical (unpaired) electrons. The second-order valence-corrected chi connectivity index (χ2v) is 7.58. The van der Waals surface area contributed by atoms with Crippen LogP contribution in [-0.2, 0) is 7.05 Å². The molecule has 4 heterocycles. The molecule has 1 atom stereocenters. The molecule has 1 aliphatic rings. The largest absolute Gasteiger partial charge is 0.383 e. The zero-order chi connectivity index (χ0) is 21.7. The number of pyridine rings is 1. The van der Waals surface area contributed by atoms with E-state index in [1.807, 2.05) is 19.2 Å². The first-order valence-corrected chi connectivity index (χ1v) is 9.75. The number of nitrogens with zero attached hydrogens (tertiary/aromatic N) is 6. The lowest BCUT2D eigenvalue weighted by atomic mass is 10.0. The molecule has 0 saturated carbocycles. The average Bonchev–Trinajstić information content (AvgIpc) is 3.26. The van der Waals surface area contributed by atoms with E-state index >= 15 is 4.39 Å². The van der Waals surface area contributed by atoms with Crippen molar-refractivity contribution in [1.29, 1.82) is 0 Å². The molecule has 1 aliphatic heterocycles. The van der Waals surface area contributed by atoms with Crippen LogP contribution in [0.5, 0.6) is 0 Å². The molecule has 0 spiro atoms. The normalized spacial score (nSPS) is 16.5. The van der Waals surface area contributed by atoms with Gasteiger partial charge in [0, 0.05) is 49.5 Å². The minimum absolute atomic E-state index is 0.131. The minimum atomic E-state index is -0.448. The highest BCUT2D eigenvalue weighted by atomic mass is 19.1. The van der Waals surface area contributed by atoms with Crippen LogP contribution in [0.3, 0.4) is 0 Å². The van der Waals surface area contributed by atoms with Gasteiger partial charge in [0.2, 0.25) is 0 Å². The molecule has 156 valence electrons. The van der Waals surface area contributed by atoms with E-state index < -0.39 is 5.82 Å². The highest BCUT2D eigenvalue weighted by Crippen LogP contribution is 2.37. The third-order valence-electron chi connectivity index (χ3n) is 5.78. The maximum Gasteiger partial charge on any atom is 0.324 e. The number of hydrogen-bond donors (Lipinski definition) is 1. The Kier molecular flexibility index (Phi) is 4.32. The standard InChI is InChI=1S/C22H20FN7O/c1-28-10-16(19-20(24)26-12-27-21(19)28)15-4-3-14(9-17(15)23)30-11-18(29(2)22(30)31)13-5-7-25-8-6-13/h3-10,12,18H,11H2,1-2H3,(H2,24,26,27). The van der Waals surface area contributed by atoms with Crippen molar-refractivity contribution < 1.29 is 9.18 Å². The fourth-order valence-electron chi connectivity index (χ4n) is 4.16. The Balaban J connectivity index is 1.52. The molecule has 3 aromatic heterocycles. The number of carbonyl (C=O) groups is 1. The minimum Gasteiger partial charge on any atom is -0.383 e. The number of amides is 2. The first-order valence-electron chi connectivity index (χ1n) is 9.75. The summed E-state index contributed by atoms with van der Waals surface area (Å²) >= 11 is 0. The van der Waals surface area contributed by atoms with Gasteiger partial charge in [-0.3, -0.25) is 9.88 Å². The summed E-state index contributed by atoms with van der Waals surface area (Å²) in [5.41, 5.74) is 9.14. The van der Waals surface area contributed by atoms with Crippen molar-refractivity contribution >= 4 is 28.6 Å². The number of aryl methyl sites for hydroxylation is 1. The predicted molar refractivity (Wildman–Crippen MR) is 116 cm³/mol. The summed E-state index contributed by atoms with van der Waals surface area (Å²) in [5, 5.41) is 0.603. The van der Waals surface area contributed by atoms with Crippen LogP contribution in [0.1, 0.15) is 11.6 Å². The van der Waals surface area contributed by atoms with Gasteiger partial charge in [-0.05, 0) is 35.9 Å². The Hall–Kier alpha value is -4.01. The molecule has 5 rings (SSSR count). The van der Waals surface area contributed by atoms with Gasteiger partial charge in [-0.1, -0.05) is 0 Å². The number of urea groups is 1. The molecule has 31 heavy (non-hydrogen) atoms. The molecular weight excluding hydrogens is 397 g/mol.